The van der Waals surface area contributed by atoms with E-state index in [1.165, 1.54) is 103 Å². The first kappa shape index (κ1) is 41.1. The van der Waals surface area contributed by atoms with Crippen LogP contribution in [0.15, 0.2) is 12.2 Å². The molecule has 252 valence electrons. The van der Waals surface area contributed by atoms with E-state index in [0.29, 0.717) is 6.42 Å². The maximum Gasteiger partial charge on any atom is 0.362 e. The van der Waals surface area contributed by atoms with Crippen molar-refractivity contribution >= 4 is 17.9 Å². The third-order valence-corrected chi connectivity index (χ3v) is 9.31. The molecule has 7 heteroatoms. The summed E-state index contributed by atoms with van der Waals surface area (Å²) in [6.07, 6.45) is 29.8. The molecule has 0 saturated heterocycles. The van der Waals surface area contributed by atoms with E-state index in [2.05, 4.69) is 19.1 Å². The number of carboxylic acids is 3. The van der Waals surface area contributed by atoms with Crippen molar-refractivity contribution in [1.82, 2.24) is 0 Å². The first-order valence-electron chi connectivity index (χ1n) is 17.9. The number of carbonyl (C=O) groups is 3. The molecule has 0 bridgehead atoms. The summed E-state index contributed by atoms with van der Waals surface area (Å²) in [6, 6.07) is -3.18. The standard InChI is InChI=1S/C36H67NO6/c1-5-9-10-11-12-13-14-15-16-17-18-19-20-21-22-23-24-25-26-27-28-29-30-37(31(6-2)34(38)39,32(7-3)35(40)41)33(8-4)36(42)43/h13-14,31-33H,5-12,15-30H2,1-4H3,(H2-,38,39,40,41,42,43)/p+1/b14-13+. The minimum absolute atomic E-state index is 0.194. The Kier molecular flexibility index (Phi) is 25.3. The van der Waals surface area contributed by atoms with Gasteiger partial charge in [-0.2, -0.15) is 0 Å². The van der Waals surface area contributed by atoms with E-state index in [9.17, 15) is 29.7 Å². The molecule has 0 aromatic heterocycles. The van der Waals surface area contributed by atoms with Gasteiger partial charge in [0.2, 0.25) is 0 Å². The van der Waals surface area contributed by atoms with Crippen LogP contribution in [0.2, 0.25) is 0 Å². The summed E-state index contributed by atoms with van der Waals surface area (Å²) >= 11 is 0. The Morgan fingerprint density at radius 1 is 0.465 bits per heavy atom. The Balaban J connectivity index is 4.29. The van der Waals surface area contributed by atoms with E-state index in [-0.39, 0.29) is 25.8 Å². The van der Waals surface area contributed by atoms with Gasteiger partial charge in [0.25, 0.3) is 0 Å². The summed E-state index contributed by atoms with van der Waals surface area (Å²) in [6.45, 7) is 7.66. The largest absolute Gasteiger partial charge is 0.477 e. The van der Waals surface area contributed by atoms with E-state index in [4.69, 9.17) is 0 Å². The average Bonchev–Trinajstić information content (AvgIpc) is 2.96. The zero-order valence-corrected chi connectivity index (χ0v) is 28.4. The molecule has 0 radical (unpaired) electrons. The van der Waals surface area contributed by atoms with Crippen molar-refractivity contribution in [2.75, 3.05) is 6.54 Å². The van der Waals surface area contributed by atoms with Crippen LogP contribution in [0.5, 0.6) is 0 Å². The van der Waals surface area contributed by atoms with E-state index >= 15 is 0 Å². The second-order valence-corrected chi connectivity index (χ2v) is 12.6. The molecule has 0 aliphatic heterocycles. The van der Waals surface area contributed by atoms with Gasteiger partial charge < -0.3 is 15.3 Å². The van der Waals surface area contributed by atoms with Crippen LogP contribution in [-0.4, -0.2) is 62.4 Å². The molecule has 0 aliphatic rings. The van der Waals surface area contributed by atoms with Crippen molar-refractivity contribution < 1.29 is 34.2 Å². The molecule has 3 unspecified atom stereocenters. The number of allylic oxidation sites excluding steroid dienone is 2. The highest BCUT2D eigenvalue weighted by Crippen LogP contribution is 2.32. The third-order valence-electron chi connectivity index (χ3n) is 9.31. The predicted octanol–water partition coefficient (Wildman–Crippen LogP) is 9.77. The van der Waals surface area contributed by atoms with Crippen molar-refractivity contribution in [2.24, 2.45) is 0 Å². The highest BCUT2D eigenvalue weighted by Gasteiger charge is 2.55. The molecule has 3 N–H and O–H groups in total. The number of nitrogens with zero attached hydrogens (tertiary/aromatic N) is 1. The van der Waals surface area contributed by atoms with Crippen LogP contribution >= 0.6 is 0 Å². The second-order valence-electron chi connectivity index (χ2n) is 12.6. The molecular weight excluding hydrogens is 542 g/mol. The molecule has 7 nitrogen and oxygen atoms in total. The normalized spacial score (nSPS) is 15.3. The molecule has 0 heterocycles. The van der Waals surface area contributed by atoms with E-state index in [0.717, 1.165) is 19.3 Å². The Morgan fingerprint density at radius 3 is 1.02 bits per heavy atom. The fourth-order valence-electron chi connectivity index (χ4n) is 6.97. The van der Waals surface area contributed by atoms with Crippen LogP contribution in [0.1, 0.15) is 175 Å². The minimum atomic E-state index is -1.11. The van der Waals surface area contributed by atoms with E-state index in [1.807, 2.05) is 0 Å². The Hall–Kier alpha value is -1.89. The van der Waals surface area contributed by atoms with E-state index < -0.39 is 40.5 Å². The minimum Gasteiger partial charge on any atom is -0.477 e. The molecule has 0 fully saturated rings. The third kappa shape index (κ3) is 16.7. The van der Waals surface area contributed by atoms with Gasteiger partial charge in [0.15, 0.2) is 18.1 Å². The van der Waals surface area contributed by atoms with Gasteiger partial charge in [0.05, 0.1) is 6.54 Å². The van der Waals surface area contributed by atoms with Crippen molar-refractivity contribution in [3.8, 4) is 0 Å². The first-order chi connectivity index (χ1) is 20.7. The molecule has 0 aromatic rings. The Morgan fingerprint density at radius 2 is 0.744 bits per heavy atom. The van der Waals surface area contributed by atoms with Gasteiger partial charge in [-0.25, -0.2) is 14.4 Å². The molecule has 0 aromatic carbocycles. The van der Waals surface area contributed by atoms with Gasteiger partial charge in [0.1, 0.15) is 0 Å². The molecule has 0 aliphatic carbocycles. The number of quaternary nitrogens is 1. The molecule has 3 atom stereocenters. The van der Waals surface area contributed by atoms with Crippen molar-refractivity contribution in [1.29, 1.82) is 0 Å². The monoisotopic (exact) mass is 611 g/mol. The lowest BCUT2D eigenvalue weighted by Gasteiger charge is -2.49. The van der Waals surface area contributed by atoms with Gasteiger partial charge in [0, 0.05) is 19.3 Å². The van der Waals surface area contributed by atoms with Crippen LogP contribution in [0, 0.1) is 0 Å². The quantitative estimate of drug-likeness (QED) is 0.0409. The Bertz CT molecular complexity index is 697. The molecule has 0 rings (SSSR count). The summed E-state index contributed by atoms with van der Waals surface area (Å²) in [5.41, 5.74) is 0. The number of unbranched alkanes of at least 4 members (excludes halogenated alkanes) is 18. The lowest BCUT2D eigenvalue weighted by molar-refractivity contribution is -0.973. The number of aliphatic carboxylic acids is 3. The lowest BCUT2D eigenvalue weighted by atomic mass is 9.93. The van der Waals surface area contributed by atoms with Gasteiger partial charge in [-0.3, -0.25) is 4.48 Å². The van der Waals surface area contributed by atoms with Gasteiger partial charge in [-0.05, 0) is 38.5 Å². The van der Waals surface area contributed by atoms with Crippen LogP contribution in [0.3, 0.4) is 0 Å². The second kappa shape index (κ2) is 26.5. The average molecular weight is 611 g/mol. The highest BCUT2D eigenvalue weighted by molar-refractivity contribution is 5.78. The molecular formula is C36H68NO6+. The predicted molar refractivity (Wildman–Crippen MR) is 177 cm³/mol. The summed E-state index contributed by atoms with van der Waals surface area (Å²) in [5, 5.41) is 30.1. The Labute approximate surface area is 264 Å². The van der Waals surface area contributed by atoms with Crippen molar-refractivity contribution in [3.05, 3.63) is 12.2 Å². The fourth-order valence-corrected chi connectivity index (χ4v) is 6.97. The zero-order valence-electron chi connectivity index (χ0n) is 28.4. The zero-order chi connectivity index (χ0) is 32.3. The maximum atomic E-state index is 12.3. The van der Waals surface area contributed by atoms with Crippen LogP contribution < -0.4 is 0 Å². The summed E-state index contributed by atoms with van der Waals surface area (Å²) in [5.74, 6) is -3.34. The number of carboxylic acid groups (broad SMARTS) is 3. The van der Waals surface area contributed by atoms with Gasteiger partial charge in [-0.1, -0.05) is 130 Å². The molecule has 0 amide bonds. The van der Waals surface area contributed by atoms with Crippen molar-refractivity contribution in [2.45, 2.75) is 193 Å². The van der Waals surface area contributed by atoms with E-state index in [1.54, 1.807) is 20.8 Å². The number of hydrogen-bond donors (Lipinski definition) is 3. The van der Waals surface area contributed by atoms with Gasteiger partial charge >= 0.3 is 17.9 Å². The summed E-state index contributed by atoms with van der Waals surface area (Å²) in [7, 11) is 0. The number of rotatable bonds is 31. The molecule has 0 saturated carbocycles. The van der Waals surface area contributed by atoms with Crippen LogP contribution in [0.4, 0.5) is 0 Å². The summed E-state index contributed by atoms with van der Waals surface area (Å²) in [4.78, 5) is 36.8. The topological polar surface area (TPSA) is 112 Å². The smallest absolute Gasteiger partial charge is 0.362 e. The van der Waals surface area contributed by atoms with Crippen molar-refractivity contribution in [3.63, 3.8) is 0 Å². The molecule has 0 spiro atoms. The highest BCUT2D eigenvalue weighted by atomic mass is 16.4. The first-order valence-corrected chi connectivity index (χ1v) is 17.9. The number of hydrogen-bond acceptors (Lipinski definition) is 3. The molecule has 43 heavy (non-hydrogen) atoms. The van der Waals surface area contributed by atoms with Crippen LogP contribution in [-0.2, 0) is 14.4 Å². The fraction of sp³-hybridized carbons (Fsp3) is 0.861. The SMILES string of the molecule is CCCCCC/C=C/CCCCCCCCCCCCCCCC[N+](C(CC)C(=O)O)(C(CC)C(=O)O)C(CC)C(=O)O. The van der Waals surface area contributed by atoms with Crippen LogP contribution in [0.25, 0.3) is 0 Å². The van der Waals surface area contributed by atoms with Gasteiger partial charge in [-0.15, -0.1) is 0 Å². The summed E-state index contributed by atoms with van der Waals surface area (Å²) < 4.78 is -0.403. The maximum absolute atomic E-state index is 12.3. The lowest BCUT2D eigenvalue weighted by Crippen LogP contribution is -2.72.